The van der Waals surface area contributed by atoms with Crippen molar-refractivity contribution in [2.75, 3.05) is 19.8 Å². The highest BCUT2D eigenvalue weighted by molar-refractivity contribution is 14.0. The van der Waals surface area contributed by atoms with Gasteiger partial charge >= 0.3 is 0 Å². The fraction of sp³-hybridized carbons (Fsp3) is 0.250. The molecule has 0 unspecified atom stereocenters. The molecule has 28 heavy (non-hydrogen) atoms. The quantitative estimate of drug-likeness (QED) is 0.269. The molecule has 0 aliphatic heterocycles. The Balaban J connectivity index is 0.00000280. The van der Waals surface area contributed by atoms with Crippen LogP contribution in [0.15, 0.2) is 64.6 Å². The largest absolute Gasteiger partial charge is 0.361 e. The maximum atomic E-state index is 11.5. The van der Waals surface area contributed by atoms with Crippen molar-refractivity contribution in [2.45, 2.75) is 17.9 Å². The van der Waals surface area contributed by atoms with Crippen LogP contribution in [0, 0.1) is 0 Å². The molecule has 0 spiro atoms. The molecule has 3 N–H and O–H groups in total. The molecule has 8 heteroatoms. The van der Waals surface area contributed by atoms with E-state index in [4.69, 9.17) is 0 Å². The normalized spacial score (nSPS) is 11.9. The van der Waals surface area contributed by atoms with Gasteiger partial charge in [-0.1, -0.05) is 30.3 Å². The van der Waals surface area contributed by atoms with Crippen LogP contribution >= 0.6 is 24.0 Å². The summed E-state index contributed by atoms with van der Waals surface area (Å²) in [6.07, 6.45) is 4.14. The van der Waals surface area contributed by atoms with Crippen LogP contribution in [0.1, 0.15) is 11.1 Å². The highest BCUT2D eigenvalue weighted by atomic mass is 127. The summed E-state index contributed by atoms with van der Waals surface area (Å²) in [4.78, 5) is 7.84. The third-order valence-electron chi connectivity index (χ3n) is 4.40. The zero-order chi connectivity index (χ0) is 19.3. The summed E-state index contributed by atoms with van der Waals surface area (Å²) >= 11 is 0. The minimum Gasteiger partial charge on any atom is -0.361 e. The number of H-pyrrole nitrogens is 1. The summed E-state index contributed by atoms with van der Waals surface area (Å²) in [5.74, 6) is 0.710. The van der Waals surface area contributed by atoms with Gasteiger partial charge in [-0.2, -0.15) is 0 Å². The fourth-order valence-electron chi connectivity index (χ4n) is 2.91. The summed E-state index contributed by atoms with van der Waals surface area (Å²) < 4.78 is 23.0. The average Bonchev–Trinajstić information content (AvgIpc) is 3.07. The lowest BCUT2D eigenvalue weighted by molar-refractivity contribution is 0.602. The number of rotatable bonds is 6. The fourth-order valence-corrected chi connectivity index (χ4v) is 3.55. The van der Waals surface area contributed by atoms with E-state index in [-0.39, 0.29) is 24.0 Å². The van der Waals surface area contributed by atoms with Crippen molar-refractivity contribution in [3.05, 3.63) is 65.9 Å². The molecule has 0 atom stereocenters. The summed E-state index contributed by atoms with van der Waals surface area (Å²) in [5.41, 5.74) is 3.40. The second kappa shape index (κ2) is 9.92. The van der Waals surface area contributed by atoms with Gasteiger partial charge in [-0.25, -0.2) is 8.42 Å². The smallest absolute Gasteiger partial charge is 0.191 e. The molecule has 6 nitrogen and oxygen atoms in total. The van der Waals surface area contributed by atoms with Crippen LogP contribution in [0.2, 0.25) is 0 Å². The monoisotopic (exact) mass is 512 g/mol. The summed E-state index contributed by atoms with van der Waals surface area (Å²) in [6, 6.07) is 15.1. The van der Waals surface area contributed by atoms with Crippen LogP contribution in [-0.4, -0.2) is 39.2 Å². The third-order valence-corrected chi connectivity index (χ3v) is 5.53. The number of guanidine groups is 1. The Labute approximate surface area is 182 Å². The van der Waals surface area contributed by atoms with E-state index in [1.54, 1.807) is 19.2 Å². The number of nitrogens with one attached hydrogen (secondary N) is 3. The number of benzene rings is 2. The lowest BCUT2D eigenvalue weighted by Crippen LogP contribution is -2.37. The molecule has 0 radical (unpaired) electrons. The number of nitrogens with zero attached hydrogens (tertiary/aromatic N) is 1. The standard InChI is InChI=1S/C20H24N4O2S.HI/c1-21-20(24-13-15-7-9-17(10-8-15)27(2,25)26)22-12-11-16-14-23-19-6-4-3-5-18(16)19;/h3-10,14,23H,11-13H2,1-2H3,(H2,21,22,24);1H. The first-order chi connectivity index (χ1) is 13.0. The highest BCUT2D eigenvalue weighted by Crippen LogP contribution is 2.17. The Kier molecular flexibility index (Phi) is 7.88. The van der Waals surface area contributed by atoms with Crippen molar-refractivity contribution in [3.8, 4) is 0 Å². The number of aliphatic imine (C=N–C) groups is 1. The number of sulfone groups is 1. The topological polar surface area (TPSA) is 86.3 Å². The van der Waals surface area contributed by atoms with Crippen molar-refractivity contribution in [1.82, 2.24) is 15.6 Å². The van der Waals surface area contributed by atoms with Crippen LogP contribution in [0.25, 0.3) is 10.9 Å². The Hall–Kier alpha value is -2.07. The molecule has 150 valence electrons. The molecule has 0 amide bonds. The van der Waals surface area contributed by atoms with Crippen LogP contribution in [0.3, 0.4) is 0 Å². The number of hydrogen-bond acceptors (Lipinski definition) is 3. The highest BCUT2D eigenvalue weighted by Gasteiger charge is 2.07. The van der Waals surface area contributed by atoms with Crippen molar-refractivity contribution in [3.63, 3.8) is 0 Å². The Bertz CT molecular complexity index is 1040. The van der Waals surface area contributed by atoms with Gasteiger partial charge in [0.1, 0.15) is 0 Å². The van der Waals surface area contributed by atoms with Gasteiger partial charge in [0.25, 0.3) is 0 Å². The lowest BCUT2D eigenvalue weighted by atomic mass is 10.1. The molecule has 1 aromatic heterocycles. The first-order valence-corrected chi connectivity index (χ1v) is 10.6. The number of aromatic amines is 1. The maximum absolute atomic E-state index is 11.5. The molecular weight excluding hydrogens is 487 g/mol. The van der Waals surface area contributed by atoms with Crippen molar-refractivity contribution < 1.29 is 8.42 Å². The van der Waals surface area contributed by atoms with Gasteiger partial charge in [-0.15, -0.1) is 24.0 Å². The summed E-state index contributed by atoms with van der Waals surface area (Å²) in [7, 11) is -1.43. The number of hydrogen-bond donors (Lipinski definition) is 3. The second-order valence-corrected chi connectivity index (χ2v) is 8.39. The molecule has 3 aromatic rings. The minimum atomic E-state index is -3.16. The van der Waals surface area contributed by atoms with E-state index in [0.717, 1.165) is 24.0 Å². The van der Waals surface area contributed by atoms with E-state index in [0.29, 0.717) is 17.4 Å². The van der Waals surface area contributed by atoms with Crippen molar-refractivity contribution in [2.24, 2.45) is 4.99 Å². The molecule has 1 heterocycles. The average molecular weight is 512 g/mol. The van der Waals surface area contributed by atoms with Gasteiger partial charge in [-0.05, 0) is 35.7 Å². The summed E-state index contributed by atoms with van der Waals surface area (Å²) in [6.45, 7) is 1.32. The van der Waals surface area contributed by atoms with Gasteiger partial charge < -0.3 is 15.6 Å². The van der Waals surface area contributed by atoms with Crippen LogP contribution in [-0.2, 0) is 22.8 Å². The molecule has 3 rings (SSSR count). The molecule has 0 aliphatic carbocycles. The predicted molar refractivity (Wildman–Crippen MR) is 125 cm³/mol. The zero-order valence-electron chi connectivity index (χ0n) is 15.9. The van der Waals surface area contributed by atoms with Gasteiger partial charge in [0.05, 0.1) is 4.90 Å². The third kappa shape index (κ3) is 5.71. The van der Waals surface area contributed by atoms with Crippen LogP contribution in [0.5, 0.6) is 0 Å². The Morgan fingerprint density at radius 1 is 1.07 bits per heavy atom. The van der Waals surface area contributed by atoms with E-state index < -0.39 is 9.84 Å². The lowest BCUT2D eigenvalue weighted by Gasteiger charge is -2.12. The van der Waals surface area contributed by atoms with Crippen LogP contribution < -0.4 is 10.6 Å². The van der Waals surface area contributed by atoms with E-state index in [1.807, 2.05) is 30.5 Å². The van der Waals surface area contributed by atoms with Gasteiger partial charge in [0.2, 0.25) is 0 Å². The van der Waals surface area contributed by atoms with Gasteiger partial charge in [-0.3, -0.25) is 4.99 Å². The number of fused-ring (bicyclic) bond motifs is 1. The number of aromatic nitrogens is 1. The molecule has 0 saturated carbocycles. The SMILES string of the molecule is CN=C(NCCc1c[nH]c2ccccc12)NCc1ccc(S(C)(=O)=O)cc1.I. The maximum Gasteiger partial charge on any atom is 0.191 e. The minimum absolute atomic E-state index is 0. The molecule has 0 fully saturated rings. The van der Waals surface area contributed by atoms with Crippen molar-refractivity contribution in [1.29, 1.82) is 0 Å². The number of para-hydroxylation sites is 1. The van der Waals surface area contributed by atoms with E-state index in [1.165, 1.54) is 17.2 Å². The molecule has 0 bridgehead atoms. The molecule has 0 aliphatic rings. The van der Waals surface area contributed by atoms with Gasteiger partial charge in [0.15, 0.2) is 15.8 Å². The second-order valence-electron chi connectivity index (χ2n) is 6.38. The molecule has 2 aromatic carbocycles. The molecule has 0 saturated heterocycles. The van der Waals surface area contributed by atoms with E-state index in [9.17, 15) is 8.42 Å². The van der Waals surface area contributed by atoms with E-state index >= 15 is 0 Å². The zero-order valence-corrected chi connectivity index (χ0v) is 19.0. The van der Waals surface area contributed by atoms with E-state index in [2.05, 4.69) is 32.7 Å². The summed E-state index contributed by atoms with van der Waals surface area (Å²) in [5, 5.41) is 7.79. The molecular formula is C20H25IN4O2S. The first kappa shape index (κ1) is 22.2. The Morgan fingerprint density at radius 2 is 1.79 bits per heavy atom. The van der Waals surface area contributed by atoms with Crippen LogP contribution in [0.4, 0.5) is 0 Å². The first-order valence-electron chi connectivity index (χ1n) is 8.76. The van der Waals surface area contributed by atoms with Gasteiger partial charge in [0, 0.05) is 43.5 Å². The number of halogens is 1. The van der Waals surface area contributed by atoms with Crippen molar-refractivity contribution >= 4 is 50.7 Å². The Morgan fingerprint density at radius 3 is 2.46 bits per heavy atom. The predicted octanol–water partition coefficient (Wildman–Crippen LogP) is 3.10.